The average molecular weight is 405 g/mol. The molecule has 0 saturated heterocycles. The number of hydrogen-bond donors (Lipinski definition) is 1. The third kappa shape index (κ3) is 3.32. The lowest BCUT2D eigenvalue weighted by Crippen LogP contribution is -2.31. The first kappa shape index (κ1) is 19.3. The molecule has 1 heterocycles. The van der Waals surface area contributed by atoms with Crippen LogP contribution in [0.4, 0.5) is 0 Å². The van der Waals surface area contributed by atoms with Gasteiger partial charge < -0.3 is 5.11 Å². The summed E-state index contributed by atoms with van der Waals surface area (Å²) in [7, 11) is 0. The summed E-state index contributed by atoms with van der Waals surface area (Å²) in [6, 6.07) is 18.9. The molecule has 2 aliphatic carbocycles. The zero-order valence-corrected chi connectivity index (χ0v) is 17.2. The van der Waals surface area contributed by atoms with Crippen LogP contribution in [0.25, 0.3) is 11.3 Å². The normalized spacial score (nSPS) is 20.9. The number of hydrogen-bond acceptors (Lipinski definition) is 2. The van der Waals surface area contributed by atoms with Crippen LogP contribution in [0, 0.1) is 5.41 Å². The molecule has 0 radical (unpaired) electrons. The highest BCUT2D eigenvalue weighted by Crippen LogP contribution is 2.55. The molecule has 5 rings (SSSR count). The molecule has 1 unspecified atom stereocenters. The van der Waals surface area contributed by atoms with Crippen LogP contribution in [-0.2, 0) is 11.2 Å². The van der Waals surface area contributed by atoms with Crippen molar-refractivity contribution in [3.63, 3.8) is 0 Å². The Balaban J connectivity index is 1.61. The third-order valence-corrected chi connectivity index (χ3v) is 6.13. The van der Waals surface area contributed by atoms with Crippen LogP contribution in [0.5, 0.6) is 0 Å². The maximum atomic E-state index is 10.8. The smallest absolute Gasteiger partial charge is 0.303 e. The van der Waals surface area contributed by atoms with Crippen molar-refractivity contribution >= 4 is 23.0 Å². The fraction of sp³-hybridized carbons (Fsp3) is 0.143. The van der Waals surface area contributed by atoms with E-state index in [-0.39, 0.29) is 11.8 Å². The van der Waals surface area contributed by atoms with E-state index in [2.05, 4.69) is 91.1 Å². The minimum atomic E-state index is -0.745. The average Bonchev–Trinajstić information content (AvgIpc) is 3.13. The fourth-order valence-corrected chi connectivity index (χ4v) is 4.68. The molecule has 0 fully saturated rings. The second-order valence-electron chi connectivity index (χ2n) is 8.04. The Bertz CT molecular complexity index is 1210. The van der Waals surface area contributed by atoms with Gasteiger partial charge in [-0.1, -0.05) is 91.1 Å². The number of nitrogens with zero attached hydrogens (tertiary/aromatic N) is 1. The van der Waals surface area contributed by atoms with Crippen molar-refractivity contribution < 1.29 is 9.90 Å². The molecule has 1 atom stereocenters. The van der Waals surface area contributed by atoms with Gasteiger partial charge in [-0.25, -0.2) is 0 Å². The third-order valence-electron chi connectivity index (χ3n) is 6.13. The molecular formula is C28H23NO2. The molecule has 0 saturated carbocycles. The van der Waals surface area contributed by atoms with E-state index in [1.165, 1.54) is 11.1 Å². The number of carboxylic acids is 1. The molecule has 1 aliphatic heterocycles. The van der Waals surface area contributed by atoms with Crippen molar-refractivity contribution in [3.05, 3.63) is 119 Å². The topological polar surface area (TPSA) is 49.7 Å². The largest absolute Gasteiger partial charge is 0.481 e. The molecule has 3 heteroatoms. The number of aryl methyl sites for hydroxylation is 1. The Labute approximate surface area is 182 Å². The summed E-state index contributed by atoms with van der Waals surface area (Å²) in [5.74, 6) is -0.745. The van der Waals surface area contributed by atoms with Gasteiger partial charge in [-0.15, -0.1) is 0 Å². The van der Waals surface area contributed by atoms with Crippen molar-refractivity contribution in [2.45, 2.75) is 19.3 Å². The van der Waals surface area contributed by atoms with Crippen molar-refractivity contribution in [2.24, 2.45) is 10.4 Å². The lowest BCUT2D eigenvalue weighted by atomic mass is 9.65. The van der Waals surface area contributed by atoms with Gasteiger partial charge in [0.2, 0.25) is 0 Å². The van der Waals surface area contributed by atoms with Crippen LogP contribution >= 0.6 is 0 Å². The minimum Gasteiger partial charge on any atom is -0.481 e. The van der Waals surface area contributed by atoms with Crippen LogP contribution in [0.3, 0.4) is 0 Å². The van der Waals surface area contributed by atoms with E-state index >= 15 is 0 Å². The standard InChI is InChI=1S/C28H23NO2/c30-25(31)14-6-8-20-15-17-21(18-16-20)26-27(22-9-2-1-3-10-22)29-24-13-7-12-23-11-4-5-19-28(23,24)26/h1-5,7,9-13,15-19H,6,8,14H2,(H,30,31). The number of allylic oxidation sites excluding steroid dienone is 9. The molecule has 3 nitrogen and oxygen atoms in total. The lowest BCUT2D eigenvalue weighted by Gasteiger charge is -2.35. The van der Waals surface area contributed by atoms with Crippen molar-refractivity contribution in [1.29, 1.82) is 0 Å². The second-order valence-corrected chi connectivity index (χ2v) is 8.04. The summed E-state index contributed by atoms with van der Waals surface area (Å²) in [6.45, 7) is 0. The van der Waals surface area contributed by atoms with Gasteiger partial charge in [-0.05, 0) is 35.6 Å². The molecule has 2 aromatic rings. The molecule has 31 heavy (non-hydrogen) atoms. The van der Waals surface area contributed by atoms with E-state index < -0.39 is 5.97 Å². The van der Waals surface area contributed by atoms with Crippen molar-refractivity contribution in [3.8, 4) is 0 Å². The SMILES string of the molecule is O=C(O)CCCc1ccc(C2=C(c3ccccc3)N=C3C=CC=C4C=CC=CC432)cc1. The second kappa shape index (κ2) is 7.84. The van der Waals surface area contributed by atoms with Gasteiger partial charge in [-0.2, -0.15) is 0 Å². The van der Waals surface area contributed by atoms with E-state index in [0.717, 1.165) is 34.5 Å². The summed E-state index contributed by atoms with van der Waals surface area (Å²) in [5, 5.41) is 8.89. The van der Waals surface area contributed by atoms with E-state index in [1.807, 2.05) is 6.07 Å². The molecule has 0 bridgehead atoms. The molecule has 1 spiro atoms. The molecule has 0 aromatic heterocycles. The molecule has 1 N–H and O–H groups in total. The van der Waals surface area contributed by atoms with Crippen LogP contribution in [0.15, 0.2) is 108 Å². The lowest BCUT2D eigenvalue weighted by molar-refractivity contribution is -0.137. The number of benzene rings is 2. The van der Waals surface area contributed by atoms with Crippen molar-refractivity contribution in [2.75, 3.05) is 0 Å². The Kier molecular flexibility index (Phi) is 4.87. The number of aliphatic carboxylic acids is 1. The molecule has 0 amide bonds. The van der Waals surface area contributed by atoms with Gasteiger partial charge in [-0.3, -0.25) is 9.79 Å². The summed E-state index contributed by atoms with van der Waals surface area (Å²) < 4.78 is 0. The molecule has 152 valence electrons. The molecular weight excluding hydrogens is 382 g/mol. The zero-order valence-electron chi connectivity index (χ0n) is 17.2. The van der Waals surface area contributed by atoms with Crippen LogP contribution in [-0.4, -0.2) is 16.8 Å². The summed E-state index contributed by atoms with van der Waals surface area (Å²) >= 11 is 0. The number of carbonyl (C=O) groups is 1. The van der Waals surface area contributed by atoms with Gasteiger partial charge in [0.05, 0.1) is 16.8 Å². The van der Waals surface area contributed by atoms with Crippen LogP contribution in [0.1, 0.15) is 29.5 Å². The van der Waals surface area contributed by atoms with E-state index in [4.69, 9.17) is 10.1 Å². The first-order valence-electron chi connectivity index (χ1n) is 10.6. The predicted molar refractivity (Wildman–Crippen MR) is 126 cm³/mol. The highest BCUT2D eigenvalue weighted by Gasteiger charge is 2.46. The van der Waals surface area contributed by atoms with Crippen molar-refractivity contribution in [1.82, 2.24) is 0 Å². The predicted octanol–water partition coefficient (Wildman–Crippen LogP) is 6.03. The highest BCUT2D eigenvalue weighted by atomic mass is 16.4. The van der Waals surface area contributed by atoms with E-state index in [1.54, 1.807) is 0 Å². The van der Waals surface area contributed by atoms with E-state index in [9.17, 15) is 4.79 Å². The molecule has 3 aliphatic rings. The zero-order chi connectivity index (χ0) is 21.3. The maximum absolute atomic E-state index is 10.8. The monoisotopic (exact) mass is 405 g/mol. The summed E-state index contributed by atoms with van der Waals surface area (Å²) in [6.07, 6.45) is 16.6. The Morgan fingerprint density at radius 3 is 2.48 bits per heavy atom. The van der Waals surface area contributed by atoms with Gasteiger partial charge >= 0.3 is 5.97 Å². The Morgan fingerprint density at radius 1 is 0.903 bits per heavy atom. The summed E-state index contributed by atoms with van der Waals surface area (Å²) in [4.78, 5) is 15.9. The summed E-state index contributed by atoms with van der Waals surface area (Å²) in [5.41, 5.74) is 7.50. The number of carboxylic acid groups (broad SMARTS) is 1. The first-order valence-corrected chi connectivity index (χ1v) is 10.6. The van der Waals surface area contributed by atoms with Crippen LogP contribution in [0.2, 0.25) is 0 Å². The highest BCUT2D eigenvalue weighted by molar-refractivity contribution is 6.23. The Morgan fingerprint density at radius 2 is 1.71 bits per heavy atom. The van der Waals surface area contributed by atoms with Crippen LogP contribution < -0.4 is 0 Å². The minimum absolute atomic E-state index is 0.197. The van der Waals surface area contributed by atoms with Gasteiger partial charge in [0, 0.05) is 17.6 Å². The quantitative estimate of drug-likeness (QED) is 0.638. The fourth-order valence-electron chi connectivity index (χ4n) is 4.68. The Hall–Kier alpha value is -3.72. The molecule has 2 aromatic carbocycles. The number of aliphatic imine (C=N–C) groups is 1. The van der Waals surface area contributed by atoms with Gasteiger partial charge in [0.15, 0.2) is 0 Å². The van der Waals surface area contributed by atoms with Gasteiger partial charge in [0.25, 0.3) is 0 Å². The first-order chi connectivity index (χ1) is 15.2. The van der Waals surface area contributed by atoms with Gasteiger partial charge in [0.1, 0.15) is 0 Å². The maximum Gasteiger partial charge on any atom is 0.303 e. The van der Waals surface area contributed by atoms with E-state index in [0.29, 0.717) is 6.42 Å². The number of rotatable bonds is 6.